The SMILES string of the molecule is COc1cc(C(=O)CC2CCCN(C(=O)OC(C)OC(=O)C(C)(C)N)C2)cc(C)c1C.COc1cc(C(=O)CC2CCCN(C(=O)OC(C)OC(=O)C(C)(C)NC(=O)OC(C)(C)C)C2)cc(C)c1C.O=C(O)C(F)(F)F. The number of methoxy groups -OCH3 is 2. The quantitative estimate of drug-likeness (QED) is 0.0650. The molecule has 4 N–H and O–H groups in total. The van der Waals surface area contributed by atoms with Crippen LogP contribution in [-0.4, -0.2) is 138 Å². The first-order valence-electron chi connectivity index (χ1n) is 24.7. The first kappa shape index (κ1) is 65.5. The lowest BCUT2D eigenvalue weighted by Crippen LogP contribution is -2.53. The number of nitrogens with zero attached hydrogens (tertiary/aromatic N) is 2. The Morgan fingerprint density at radius 1 is 0.658 bits per heavy atom. The van der Waals surface area contributed by atoms with Crippen molar-refractivity contribution in [2.75, 3.05) is 40.4 Å². The predicted octanol–water partition coefficient (Wildman–Crippen LogP) is 8.92. The normalized spacial score (nSPS) is 16.6. The van der Waals surface area contributed by atoms with E-state index in [9.17, 15) is 46.7 Å². The van der Waals surface area contributed by atoms with Crippen molar-refractivity contribution < 1.29 is 89.8 Å². The number of alkyl carbamates (subject to hydrolysis) is 1. The molecule has 20 nitrogen and oxygen atoms in total. The molecule has 2 saturated heterocycles. The topological polar surface area (TPSA) is 266 Å². The van der Waals surface area contributed by atoms with Crippen molar-refractivity contribution >= 4 is 47.8 Å². The third-order valence-electron chi connectivity index (χ3n) is 12.0. The number of aliphatic carboxylic acids is 1. The van der Waals surface area contributed by atoms with Crippen molar-refractivity contribution in [1.82, 2.24) is 15.1 Å². The Hall–Kier alpha value is -6.65. The van der Waals surface area contributed by atoms with Gasteiger partial charge in [0.25, 0.3) is 0 Å². The average molecular weight is 1080 g/mol. The fourth-order valence-corrected chi connectivity index (χ4v) is 7.65. The van der Waals surface area contributed by atoms with Crippen molar-refractivity contribution in [3.05, 3.63) is 57.6 Å². The maximum atomic E-state index is 13.0. The summed E-state index contributed by atoms with van der Waals surface area (Å²) in [5, 5.41) is 9.58. The third kappa shape index (κ3) is 21.5. The molecule has 2 heterocycles. The van der Waals surface area contributed by atoms with Crippen LogP contribution in [0.1, 0.15) is 144 Å². The van der Waals surface area contributed by atoms with Crippen molar-refractivity contribution in [1.29, 1.82) is 0 Å². The lowest BCUT2D eigenvalue weighted by Gasteiger charge is -2.33. The Labute approximate surface area is 442 Å². The van der Waals surface area contributed by atoms with Crippen LogP contribution in [0.5, 0.6) is 11.5 Å². The molecule has 4 rings (SSSR count). The first-order valence-corrected chi connectivity index (χ1v) is 24.7. The summed E-state index contributed by atoms with van der Waals surface area (Å²) in [5.74, 6) is -2.80. The van der Waals surface area contributed by atoms with Crippen molar-refractivity contribution in [2.45, 2.75) is 164 Å². The Bertz CT molecular complexity index is 2400. The van der Waals surface area contributed by atoms with E-state index < -0.39 is 71.6 Å². The van der Waals surface area contributed by atoms with E-state index in [1.165, 1.54) is 46.4 Å². The minimum Gasteiger partial charge on any atom is -0.496 e. The number of nitrogens with one attached hydrogen (secondary N) is 1. The van der Waals surface area contributed by atoms with E-state index in [-0.39, 0.29) is 23.4 Å². The molecule has 0 bridgehead atoms. The summed E-state index contributed by atoms with van der Waals surface area (Å²) in [6.07, 6.45) is -5.49. The fourth-order valence-electron chi connectivity index (χ4n) is 7.65. The number of alkyl halides is 3. The lowest BCUT2D eigenvalue weighted by molar-refractivity contribution is -0.192. The highest BCUT2D eigenvalue weighted by Crippen LogP contribution is 2.29. The molecule has 76 heavy (non-hydrogen) atoms. The van der Waals surface area contributed by atoms with Crippen LogP contribution in [-0.2, 0) is 38.1 Å². The Morgan fingerprint density at radius 2 is 1.03 bits per heavy atom. The zero-order valence-electron chi connectivity index (χ0n) is 46.4. The number of halogens is 3. The standard InChI is InChI=1S/C28H42N2O8.C23H34N2O6.C2HF3O2/c1-17-13-21(15-23(35-9)18(17)2)22(31)14-20-11-10-12-30(16-20)26(34)37-19(3)36-24(32)28(7,8)29-25(33)38-27(4,5)6;1-14-10-18(12-20(29-6)15(14)2)19(26)11-17-8-7-9-25(13-17)22(28)31-16(3)30-21(27)23(4,5)24;3-2(4,5)1(6)7/h13,15,19-20H,10-12,14,16H2,1-9H3,(H,29,33);10,12,16-17H,7-9,11,13,24H2,1-6H3;(H,6,7). The number of rotatable bonds is 15. The number of benzene rings is 2. The zero-order chi connectivity index (χ0) is 58.3. The van der Waals surface area contributed by atoms with Crippen molar-refractivity contribution in [3.8, 4) is 11.5 Å². The first-order chi connectivity index (χ1) is 34.9. The van der Waals surface area contributed by atoms with Crippen LogP contribution in [0.25, 0.3) is 0 Å². The number of carbonyl (C=O) groups is 8. The number of ketones is 2. The van der Waals surface area contributed by atoms with E-state index in [0.717, 1.165) is 47.9 Å². The number of esters is 2. The zero-order valence-corrected chi connectivity index (χ0v) is 46.4. The van der Waals surface area contributed by atoms with Gasteiger partial charge >= 0.3 is 42.4 Å². The monoisotopic (exact) mass is 1080 g/mol. The molecule has 3 amide bonds. The molecular weight excluding hydrogens is 1010 g/mol. The van der Waals surface area contributed by atoms with Gasteiger partial charge in [-0.25, -0.2) is 28.8 Å². The summed E-state index contributed by atoms with van der Waals surface area (Å²) < 4.78 is 68.6. The summed E-state index contributed by atoms with van der Waals surface area (Å²) in [4.78, 5) is 99.5. The highest BCUT2D eigenvalue weighted by Gasteiger charge is 2.39. The second kappa shape index (κ2) is 27.9. The number of carboxylic acid groups (broad SMARTS) is 1. The summed E-state index contributed by atoms with van der Waals surface area (Å²) in [6.45, 7) is 23.6. The van der Waals surface area contributed by atoms with Gasteiger partial charge in [-0.2, -0.15) is 13.2 Å². The van der Waals surface area contributed by atoms with Gasteiger partial charge in [-0.05, 0) is 160 Å². The molecule has 0 aromatic heterocycles. The van der Waals surface area contributed by atoms with Crippen LogP contribution < -0.4 is 20.5 Å². The maximum absolute atomic E-state index is 13.0. The van der Waals surface area contributed by atoms with Gasteiger partial charge in [-0.3, -0.25) is 9.59 Å². The Kier molecular flexibility index (Phi) is 24.1. The number of Topliss-reactive ketones (excluding diaryl/α,β-unsaturated/α-hetero) is 2. The number of carboxylic acids is 1. The molecule has 2 aromatic rings. The Morgan fingerprint density at radius 3 is 1.36 bits per heavy atom. The van der Waals surface area contributed by atoms with Gasteiger partial charge in [0.05, 0.1) is 14.2 Å². The summed E-state index contributed by atoms with van der Waals surface area (Å²) in [6, 6.07) is 7.28. The van der Waals surface area contributed by atoms with E-state index in [2.05, 4.69) is 5.32 Å². The number of hydrogen-bond donors (Lipinski definition) is 3. The molecule has 23 heteroatoms. The van der Waals surface area contributed by atoms with Crippen LogP contribution in [0, 0.1) is 39.5 Å². The van der Waals surface area contributed by atoms with E-state index in [4.69, 9.17) is 48.8 Å². The number of nitrogens with two attached hydrogens (primary N) is 1. The maximum Gasteiger partial charge on any atom is 0.490 e. The number of likely N-dealkylation sites (tertiary alicyclic amines) is 2. The molecule has 0 saturated carbocycles. The number of piperidine rings is 2. The van der Waals surface area contributed by atoms with Gasteiger partial charge in [0, 0.05) is 64.0 Å². The highest BCUT2D eigenvalue weighted by atomic mass is 19.4. The Balaban J connectivity index is 0.000000468. The van der Waals surface area contributed by atoms with Gasteiger partial charge in [0.2, 0.25) is 12.6 Å². The van der Waals surface area contributed by atoms with Crippen molar-refractivity contribution in [3.63, 3.8) is 0 Å². The minimum atomic E-state index is -5.08. The summed E-state index contributed by atoms with van der Waals surface area (Å²) >= 11 is 0. The molecule has 4 unspecified atom stereocenters. The molecule has 0 spiro atoms. The van der Waals surface area contributed by atoms with Gasteiger partial charge in [-0.15, -0.1) is 0 Å². The number of hydrogen-bond acceptors (Lipinski definition) is 16. The number of aryl methyl sites for hydroxylation is 2. The fraction of sp³-hybridized carbons (Fsp3) is 0.623. The van der Waals surface area contributed by atoms with E-state index in [0.29, 0.717) is 61.6 Å². The molecule has 426 valence electrons. The molecule has 2 fully saturated rings. The lowest BCUT2D eigenvalue weighted by atomic mass is 9.90. The number of carbonyl (C=O) groups excluding carboxylic acids is 7. The average Bonchev–Trinajstić information content (AvgIpc) is 3.29. The third-order valence-corrected chi connectivity index (χ3v) is 12.0. The molecule has 2 aromatic carbocycles. The van der Waals surface area contributed by atoms with Gasteiger partial charge in [0.15, 0.2) is 11.6 Å². The van der Waals surface area contributed by atoms with E-state index >= 15 is 0 Å². The van der Waals surface area contributed by atoms with Crippen LogP contribution in [0.2, 0.25) is 0 Å². The van der Waals surface area contributed by atoms with Gasteiger partial charge < -0.3 is 59.1 Å². The summed E-state index contributed by atoms with van der Waals surface area (Å²) in [7, 11) is 3.17. The van der Waals surface area contributed by atoms with Crippen molar-refractivity contribution in [2.24, 2.45) is 17.6 Å². The van der Waals surface area contributed by atoms with Crippen LogP contribution in [0.3, 0.4) is 0 Å². The number of amides is 3. The van der Waals surface area contributed by atoms with E-state index in [1.54, 1.807) is 52.0 Å². The summed E-state index contributed by atoms with van der Waals surface area (Å²) in [5.41, 5.74) is 7.57. The second-order valence-electron chi connectivity index (χ2n) is 20.9. The molecule has 0 radical (unpaired) electrons. The van der Waals surface area contributed by atoms with Gasteiger partial charge in [0.1, 0.15) is 28.2 Å². The largest absolute Gasteiger partial charge is 0.496 e. The molecule has 2 aliphatic rings. The smallest absolute Gasteiger partial charge is 0.490 e. The van der Waals surface area contributed by atoms with E-state index in [1.807, 2.05) is 39.8 Å². The predicted molar refractivity (Wildman–Crippen MR) is 271 cm³/mol. The second-order valence-corrected chi connectivity index (χ2v) is 20.9. The van der Waals surface area contributed by atoms with Crippen LogP contribution >= 0.6 is 0 Å². The van der Waals surface area contributed by atoms with Gasteiger partial charge in [-0.1, -0.05) is 0 Å². The molecule has 0 aliphatic carbocycles. The number of ether oxygens (including phenoxy) is 7. The molecular formula is C53H77F3N4O16. The van der Waals surface area contributed by atoms with Crippen LogP contribution in [0.15, 0.2) is 24.3 Å². The molecule has 4 atom stereocenters. The molecule has 2 aliphatic heterocycles. The highest BCUT2D eigenvalue weighted by molar-refractivity contribution is 5.97. The van der Waals surface area contributed by atoms with Crippen LogP contribution in [0.4, 0.5) is 27.6 Å². The minimum absolute atomic E-state index is 0.00589.